The van der Waals surface area contributed by atoms with Crippen LogP contribution >= 0.6 is 0 Å². The van der Waals surface area contributed by atoms with Crippen LogP contribution in [-0.4, -0.2) is 34.9 Å². The molecule has 1 N–H and O–H groups in total. The number of carbonyl (C=O) groups is 1. The van der Waals surface area contributed by atoms with Crippen molar-refractivity contribution in [3.8, 4) is 0 Å². The van der Waals surface area contributed by atoms with Crippen molar-refractivity contribution < 1.29 is 4.79 Å². The predicted octanol–water partition coefficient (Wildman–Crippen LogP) is 2.69. The first-order chi connectivity index (χ1) is 10.7. The van der Waals surface area contributed by atoms with E-state index >= 15 is 0 Å². The van der Waals surface area contributed by atoms with E-state index in [4.69, 9.17) is 0 Å². The van der Waals surface area contributed by atoms with Gasteiger partial charge in [0, 0.05) is 43.5 Å². The topological polar surface area (TPSA) is 45.2 Å². The van der Waals surface area contributed by atoms with Crippen LogP contribution in [0.15, 0.2) is 36.7 Å². The molecule has 1 aliphatic heterocycles. The molecule has 1 aromatic rings. The molecule has 118 valence electrons. The molecule has 1 atom stereocenters. The van der Waals surface area contributed by atoms with E-state index in [9.17, 15) is 4.79 Å². The third-order valence-corrected chi connectivity index (χ3v) is 4.99. The molecule has 4 nitrogen and oxygen atoms in total. The van der Waals surface area contributed by atoms with E-state index in [1.165, 1.54) is 5.56 Å². The summed E-state index contributed by atoms with van der Waals surface area (Å²) in [6, 6.07) is 4.93. The standard InChI is InChI=1S/C18H25N3O/c1-14(15-6-10-19-11-7-15)21-12-8-17(9-13-21)20-18(22)16-4-2-3-5-16/h2-3,6-7,10-11,14,16-17H,4-5,8-9,12-13H2,1H3,(H,20,22). The van der Waals surface area contributed by atoms with Crippen molar-refractivity contribution in [1.82, 2.24) is 15.2 Å². The van der Waals surface area contributed by atoms with Gasteiger partial charge in [0.25, 0.3) is 0 Å². The van der Waals surface area contributed by atoms with Crippen LogP contribution in [0.4, 0.5) is 0 Å². The summed E-state index contributed by atoms with van der Waals surface area (Å²) in [7, 11) is 0. The minimum atomic E-state index is 0.175. The molecule has 0 aromatic carbocycles. The normalized spacial score (nSPS) is 21.9. The Morgan fingerprint density at radius 1 is 1.23 bits per heavy atom. The molecule has 1 fully saturated rings. The van der Waals surface area contributed by atoms with Gasteiger partial charge in [-0.25, -0.2) is 0 Å². The van der Waals surface area contributed by atoms with Gasteiger partial charge in [0.2, 0.25) is 5.91 Å². The molecule has 1 amide bonds. The average molecular weight is 299 g/mol. The molecular formula is C18H25N3O. The Hall–Kier alpha value is -1.68. The van der Waals surface area contributed by atoms with E-state index < -0.39 is 0 Å². The van der Waals surface area contributed by atoms with E-state index in [0.717, 1.165) is 38.8 Å². The van der Waals surface area contributed by atoms with Crippen LogP contribution in [0.3, 0.4) is 0 Å². The molecule has 0 spiro atoms. The Morgan fingerprint density at radius 2 is 1.86 bits per heavy atom. The highest BCUT2D eigenvalue weighted by molar-refractivity contribution is 5.79. The van der Waals surface area contributed by atoms with Crippen molar-refractivity contribution in [2.24, 2.45) is 5.92 Å². The molecule has 2 heterocycles. The summed E-state index contributed by atoms with van der Waals surface area (Å²) in [5.74, 6) is 0.416. The predicted molar refractivity (Wildman–Crippen MR) is 87.3 cm³/mol. The fourth-order valence-electron chi connectivity index (χ4n) is 3.43. The van der Waals surface area contributed by atoms with Crippen LogP contribution in [-0.2, 0) is 4.79 Å². The summed E-state index contributed by atoms with van der Waals surface area (Å²) in [6.07, 6.45) is 11.8. The van der Waals surface area contributed by atoms with Crippen LogP contribution in [0.25, 0.3) is 0 Å². The third kappa shape index (κ3) is 3.55. The van der Waals surface area contributed by atoms with Crippen molar-refractivity contribution in [2.45, 2.75) is 44.7 Å². The highest BCUT2D eigenvalue weighted by atomic mass is 16.1. The SMILES string of the molecule is CC(c1ccncc1)N1CCC(NC(=O)C2CC=CC2)CC1. The van der Waals surface area contributed by atoms with E-state index in [0.29, 0.717) is 12.1 Å². The number of amides is 1. The van der Waals surface area contributed by atoms with Crippen molar-refractivity contribution >= 4 is 5.91 Å². The summed E-state index contributed by atoms with van der Waals surface area (Å²) in [6.45, 7) is 4.33. The van der Waals surface area contributed by atoms with Gasteiger partial charge >= 0.3 is 0 Å². The molecule has 1 saturated heterocycles. The minimum Gasteiger partial charge on any atom is -0.353 e. The van der Waals surface area contributed by atoms with Crippen LogP contribution in [0, 0.1) is 5.92 Å². The van der Waals surface area contributed by atoms with E-state index in [1.54, 1.807) is 0 Å². The zero-order chi connectivity index (χ0) is 15.4. The van der Waals surface area contributed by atoms with Crippen molar-refractivity contribution in [1.29, 1.82) is 0 Å². The third-order valence-electron chi connectivity index (χ3n) is 4.99. The Bertz CT molecular complexity index is 512. The van der Waals surface area contributed by atoms with Crippen LogP contribution in [0.1, 0.15) is 44.2 Å². The molecule has 4 heteroatoms. The Labute approximate surface area is 132 Å². The summed E-state index contributed by atoms with van der Waals surface area (Å²) in [5, 5.41) is 3.24. The molecule has 2 aliphatic rings. The van der Waals surface area contributed by atoms with Gasteiger partial charge in [-0.3, -0.25) is 14.7 Å². The minimum absolute atomic E-state index is 0.175. The second kappa shape index (κ2) is 7.05. The average Bonchev–Trinajstić information content (AvgIpc) is 3.10. The lowest BCUT2D eigenvalue weighted by Crippen LogP contribution is -2.46. The van der Waals surface area contributed by atoms with E-state index in [-0.39, 0.29) is 11.8 Å². The lowest BCUT2D eigenvalue weighted by Gasteiger charge is -2.36. The second-order valence-corrected chi connectivity index (χ2v) is 6.42. The van der Waals surface area contributed by atoms with E-state index in [1.807, 2.05) is 12.4 Å². The number of likely N-dealkylation sites (tertiary alicyclic amines) is 1. The first-order valence-electron chi connectivity index (χ1n) is 8.33. The van der Waals surface area contributed by atoms with Gasteiger partial charge < -0.3 is 5.32 Å². The number of pyridine rings is 1. The quantitative estimate of drug-likeness (QED) is 0.870. The lowest BCUT2D eigenvalue weighted by molar-refractivity contribution is -0.125. The number of allylic oxidation sites excluding steroid dienone is 2. The zero-order valence-electron chi connectivity index (χ0n) is 13.2. The highest BCUT2D eigenvalue weighted by Gasteiger charge is 2.26. The Balaban J connectivity index is 1.47. The highest BCUT2D eigenvalue weighted by Crippen LogP contribution is 2.24. The maximum Gasteiger partial charge on any atom is 0.223 e. The number of rotatable bonds is 4. The van der Waals surface area contributed by atoms with Gasteiger partial charge in [-0.2, -0.15) is 0 Å². The van der Waals surface area contributed by atoms with Crippen LogP contribution < -0.4 is 5.32 Å². The van der Waals surface area contributed by atoms with Gasteiger partial charge in [-0.05, 0) is 50.3 Å². The number of piperidine rings is 1. The molecular weight excluding hydrogens is 274 g/mol. The number of hydrogen-bond acceptors (Lipinski definition) is 3. The van der Waals surface area contributed by atoms with E-state index in [2.05, 4.69) is 46.4 Å². The maximum absolute atomic E-state index is 12.2. The van der Waals surface area contributed by atoms with Crippen LogP contribution in [0.2, 0.25) is 0 Å². The largest absolute Gasteiger partial charge is 0.353 e. The molecule has 1 aromatic heterocycles. The Morgan fingerprint density at radius 3 is 2.50 bits per heavy atom. The zero-order valence-corrected chi connectivity index (χ0v) is 13.2. The van der Waals surface area contributed by atoms with Gasteiger partial charge in [0.15, 0.2) is 0 Å². The molecule has 3 rings (SSSR count). The fourth-order valence-corrected chi connectivity index (χ4v) is 3.43. The first kappa shape index (κ1) is 15.2. The number of carbonyl (C=O) groups excluding carboxylic acids is 1. The number of nitrogens with zero attached hydrogens (tertiary/aromatic N) is 2. The van der Waals surface area contributed by atoms with Gasteiger partial charge in [0.05, 0.1) is 0 Å². The fraction of sp³-hybridized carbons (Fsp3) is 0.556. The van der Waals surface area contributed by atoms with Crippen LogP contribution in [0.5, 0.6) is 0 Å². The monoisotopic (exact) mass is 299 g/mol. The van der Waals surface area contributed by atoms with Crippen molar-refractivity contribution in [3.05, 3.63) is 42.2 Å². The number of aromatic nitrogens is 1. The van der Waals surface area contributed by atoms with Crippen molar-refractivity contribution in [3.63, 3.8) is 0 Å². The molecule has 22 heavy (non-hydrogen) atoms. The number of hydrogen-bond donors (Lipinski definition) is 1. The maximum atomic E-state index is 12.2. The summed E-state index contributed by atoms with van der Waals surface area (Å²) < 4.78 is 0. The lowest BCUT2D eigenvalue weighted by atomic mass is 9.99. The molecule has 1 unspecified atom stereocenters. The summed E-state index contributed by atoms with van der Waals surface area (Å²) in [5.41, 5.74) is 1.31. The smallest absolute Gasteiger partial charge is 0.223 e. The van der Waals surface area contributed by atoms with Gasteiger partial charge in [0.1, 0.15) is 0 Å². The molecule has 0 radical (unpaired) electrons. The molecule has 0 bridgehead atoms. The van der Waals surface area contributed by atoms with Crippen molar-refractivity contribution in [2.75, 3.05) is 13.1 Å². The molecule has 0 saturated carbocycles. The second-order valence-electron chi connectivity index (χ2n) is 6.42. The summed E-state index contributed by atoms with van der Waals surface area (Å²) >= 11 is 0. The van der Waals surface area contributed by atoms with Gasteiger partial charge in [-0.15, -0.1) is 0 Å². The Kier molecular flexibility index (Phi) is 4.88. The first-order valence-corrected chi connectivity index (χ1v) is 8.33. The molecule has 1 aliphatic carbocycles. The number of nitrogens with one attached hydrogen (secondary N) is 1. The van der Waals surface area contributed by atoms with Gasteiger partial charge in [-0.1, -0.05) is 12.2 Å². The summed E-state index contributed by atoms with van der Waals surface area (Å²) in [4.78, 5) is 18.8.